The van der Waals surface area contributed by atoms with Gasteiger partial charge in [0, 0.05) is 24.2 Å². The standard InChI is InChI=1S/C15H24N2O/c1-11-9-17(10-12(2)18-11)13-6-7-14(16-8-13)15(3,4)5/h6-8,11-12H,9-10H2,1-5H3/t11-,12+. The first kappa shape index (κ1) is 13.3. The Morgan fingerprint density at radius 1 is 1.17 bits per heavy atom. The van der Waals surface area contributed by atoms with E-state index in [0.717, 1.165) is 18.8 Å². The molecule has 2 rings (SSSR count). The summed E-state index contributed by atoms with van der Waals surface area (Å²) < 4.78 is 5.75. The molecule has 0 spiro atoms. The van der Waals surface area contributed by atoms with E-state index >= 15 is 0 Å². The highest BCUT2D eigenvalue weighted by Crippen LogP contribution is 2.24. The molecule has 0 radical (unpaired) electrons. The summed E-state index contributed by atoms with van der Waals surface area (Å²) in [6, 6.07) is 4.32. The smallest absolute Gasteiger partial charge is 0.0726 e. The van der Waals surface area contributed by atoms with Gasteiger partial charge in [-0.1, -0.05) is 20.8 Å². The molecule has 18 heavy (non-hydrogen) atoms. The molecule has 2 atom stereocenters. The number of anilines is 1. The molecule has 1 saturated heterocycles. The largest absolute Gasteiger partial charge is 0.372 e. The van der Waals surface area contributed by atoms with Crippen molar-refractivity contribution in [1.29, 1.82) is 0 Å². The van der Waals surface area contributed by atoms with Crippen LogP contribution in [-0.4, -0.2) is 30.3 Å². The molecule has 1 aromatic rings. The van der Waals surface area contributed by atoms with Crippen LogP contribution in [0, 0.1) is 0 Å². The maximum Gasteiger partial charge on any atom is 0.0726 e. The first-order chi connectivity index (χ1) is 8.36. The maximum atomic E-state index is 5.75. The lowest BCUT2D eigenvalue weighted by atomic mass is 9.92. The molecular weight excluding hydrogens is 224 g/mol. The van der Waals surface area contributed by atoms with E-state index in [9.17, 15) is 0 Å². The molecule has 2 heterocycles. The summed E-state index contributed by atoms with van der Waals surface area (Å²) in [5.74, 6) is 0. The summed E-state index contributed by atoms with van der Waals surface area (Å²) in [5.41, 5.74) is 2.45. The molecule has 0 amide bonds. The van der Waals surface area contributed by atoms with Gasteiger partial charge >= 0.3 is 0 Å². The molecular formula is C15H24N2O. The number of pyridine rings is 1. The van der Waals surface area contributed by atoms with Gasteiger partial charge in [0.2, 0.25) is 0 Å². The second-order valence-electron chi connectivity index (χ2n) is 6.31. The molecule has 0 bridgehead atoms. The first-order valence-corrected chi connectivity index (χ1v) is 6.73. The van der Waals surface area contributed by atoms with Crippen molar-refractivity contribution in [3.05, 3.63) is 24.0 Å². The highest BCUT2D eigenvalue weighted by molar-refractivity contribution is 5.45. The first-order valence-electron chi connectivity index (χ1n) is 6.73. The van der Waals surface area contributed by atoms with Gasteiger partial charge in [0.05, 0.1) is 24.1 Å². The number of aromatic nitrogens is 1. The Labute approximate surface area is 110 Å². The lowest BCUT2D eigenvalue weighted by Crippen LogP contribution is -2.45. The predicted molar refractivity (Wildman–Crippen MR) is 75.2 cm³/mol. The highest BCUT2D eigenvalue weighted by Gasteiger charge is 2.23. The van der Waals surface area contributed by atoms with E-state index < -0.39 is 0 Å². The number of morpholine rings is 1. The van der Waals surface area contributed by atoms with E-state index in [-0.39, 0.29) is 17.6 Å². The lowest BCUT2D eigenvalue weighted by Gasteiger charge is -2.36. The molecule has 3 nitrogen and oxygen atoms in total. The topological polar surface area (TPSA) is 25.4 Å². The van der Waals surface area contributed by atoms with Gasteiger partial charge in [0.25, 0.3) is 0 Å². The fourth-order valence-corrected chi connectivity index (χ4v) is 2.41. The van der Waals surface area contributed by atoms with Gasteiger partial charge in [-0.25, -0.2) is 0 Å². The van der Waals surface area contributed by atoms with Crippen molar-refractivity contribution in [2.24, 2.45) is 0 Å². The van der Waals surface area contributed by atoms with Crippen LogP contribution in [-0.2, 0) is 10.2 Å². The minimum atomic E-state index is 0.115. The molecule has 0 unspecified atom stereocenters. The number of ether oxygens (including phenoxy) is 1. The van der Waals surface area contributed by atoms with Gasteiger partial charge in [-0.05, 0) is 26.0 Å². The monoisotopic (exact) mass is 248 g/mol. The van der Waals surface area contributed by atoms with Crippen LogP contribution in [0.2, 0.25) is 0 Å². The summed E-state index contributed by atoms with van der Waals surface area (Å²) in [6.45, 7) is 12.7. The zero-order valence-electron chi connectivity index (χ0n) is 12.1. The molecule has 100 valence electrons. The van der Waals surface area contributed by atoms with Crippen molar-refractivity contribution in [1.82, 2.24) is 4.98 Å². The van der Waals surface area contributed by atoms with Gasteiger partial charge in [-0.15, -0.1) is 0 Å². The third kappa shape index (κ3) is 3.02. The van der Waals surface area contributed by atoms with Gasteiger partial charge < -0.3 is 9.64 Å². The van der Waals surface area contributed by atoms with Crippen molar-refractivity contribution < 1.29 is 4.74 Å². The zero-order chi connectivity index (χ0) is 13.3. The van der Waals surface area contributed by atoms with E-state index in [1.54, 1.807) is 0 Å². The van der Waals surface area contributed by atoms with Crippen LogP contribution in [0.1, 0.15) is 40.3 Å². The normalized spacial score (nSPS) is 25.3. The molecule has 1 aliphatic heterocycles. The fraction of sp³-hybridized carbons (Fsp3) is 0.667. The Kier molecular flexibility index (Phi) is 3.62. The fourth-order valence-electron chi connectivity index (χ4n) is 2.41. The van der Waals surface area contributed by atoms with Crippen LogP contribution in [0.3, 0.4) is 0 Å². The maximum absolute atomic E-state index is 5.75. The molecule has 0 saturated carbocycles. The Bertz CT molecular complexity index is 384. The van der Waals surface area contributed by atoms with E-state index in [4.69, 9.17) is 4.74 Å². The SMILES string of the molecule is C[C@@H]1CN(c2ccc(C(C)(C)C)nc2)C[C@H](C)O1. The molecule has 1 aliphatic rings. The molecule has 0 aliphatic carbocycles. The Morgan fingerprint density at radius 2 is 1.78 bits per heavy atom. The van der Waals surface area contributed by atoms with Crippen molar-refractivity contribution in [2.45, 2.75) is 52.2 Å². The van der Waals surface area contributed by atoms with E-state index in [1.807, 2.05) is 6.20 Å². The van der Waals surface area contributed by atoms with E-state index in [2.05, 4.69) is 56.6 Å². The number of hydrogen-bond donors (Lipinski definition) is 0. The van der Waals surface area contributed by atoms with Crippen molar-refractivity contribution in [2.75, 3.05) is 18.0 Å². The number of hydrogen-bond acceptors (Lipinski definition) is 3. The Balaban J connectivity index is 2.14. The molecule has 0 aromatic carbocycles. The van der Waals surface area contributed by atoms with Gasteiger partial charge in [-0.3, -0.25) is 4.98 Å². The average molecular weight is 248 g/mol. The van der Waals surface area contributed by atoms with Crippen molar-refractivity contribution in [3.63, 3.8) is 0 Å². The number of nitrogens with zero attached hydrogens (tertiary/aromatic N) is 2. The van der Waals surface area contributed by atoms with E-state index in [0.29, 0.717) is 0 Å². The van der Waals surface area contributed by atoms with Gasteiger partial charge in [0.1, 0.15) is 0 Å². The van der Waals surface area contributed by atoms with E-state index in [1.165, 1.54) is 5.69 Å². The number of rotatable bonds is 1. The van der Waals surface area contributed by atoms with Crippen LogP contribution in [0.15, 0.2) is 18.3 Å². The Hall–Kier alpha value is -1.09. The van der Waals surface area contributed by atoms with Crippen LogP contribution in [0.4, 0.5) is 5.69 Å². The van der Waals surface area contributed by atoms with Crippen molar-refractivity contribution >= 4 is 5.69 Å². The minimum absolute atomic E-state index is 0.115. The zero-order valence-corrected chi connectivity index (χ0v) is 12.1. The summed E-state index contributed by atoms with van der Waals surface area (Å²) in [4.78, 5) is 6.95. The summed E-state index contributed by atoms with van der Waals surface area (Å²) in [6.07, 6.45) is 2.57. The van der Waals surface area contributed by atoms with Crippen LogP contribution in [0.25, 0.3) is 0 Å². The highest BCUT2D eigenvalue weighted by atomic mass is 16.5. The molecule has 1 aromatic heterocycles. The van der Waals surface area contributed by atoms with Crippen LogP contribution >= 0.6 is 0 Å². The van der Waals surface area contributed by atoms with Crippen molar-refractivity contribution in [3.8, 4) is 0 Å². The van der Waals surface area contributed by atoms with Gasteiger partial charge in [-0.2, -0.15) is 0 Å². The summed E-state index contributed by atoms with van der Waals surface area (Å²) in [7, 11) is 0. The molecule has 0 N–H and O–H groups in total. The minimum Gasteiger partial charge on any atom is -0.372 e. The molecule has 1 fully saturated rings. The Morgan fingerprint density at radius 3 is 2.22 bits per heavy atom. The second-order valence-corrected chi connectivity index (χ2v) is 6.31. The quantitative estimate of drug-likeness (QED) is 0.764. The molecule has 3 heteroatoms. The second kappa shape index (κ2) is 4.88. The third-order valence-electron chi connectivity index (χ3n) is 3.30. The summed E-state index contributed by atoms with van der Waals surface area (Å²) >= 11 is 0. The summed E-state index contributed by atoms with van der Waals surface area (Å²) in [5, 5.41) is 0. The average Bonchev–Trinajstić information content (AvgIpc) is 2.27. The van der Waals surface area contributed by atoms with Crippen LogP contribution in [0.5, 0.6) is 0 Å². The predicted octanol–water partition coefficient (Wildman–Crippen LogP) is 2.99. The van der Waals surface area contributed by atoms with Crippen LogP contribution < -0.4 is 4.90 Å². The van der Waals surface area contributed by atoms with Gasteiger partial charge in [0.15, 0.2) is 0 Å². The third-order valence-corrected chi connectivity index (χ3v) is 3.30. The lowest BCUT2D eigenvalue weighted by molar-refractivity contribution is -0.00523.